The van der Waals surface area contributed by atoms with Gasteiger partial charge in [-0.2, -0.15) is 0 Å². The molecular formula is C20H22Cl2N2O4S. The molecule has 0 aliphatic rings. The summed E-state index contributed by atoms with van der Waals surface area (Å²) in [4.78, 5) is 25.4. The summed E-state index contributed by atoms with van der Waals surface area (Å²) >= 11 is 11.7. The highest BCUT2D eigenvalue weighted by Gasteiger charge is 2.21. The summed E-state index contributed by atoms with van der Waals surface area (Å²) in [6, 6.07) is 14.1. The van der Waals surface area contributed by atoms with Crippen LogP contribution in [0.1, 0.15) is 12.0 Å². The number of carbonyl (C=O) groups is 2. The Morgan fingerprint density at radius 2 is 1.72 bits per heavy atom. The number of benzene rings is 2. The molecule has 1 N–H and O–H groups in total. The van der Waals surface area contributed by atoms with Crippen LogP contribution in [0, 0.1) is 0 Å². The number of sulfone groups is 1. The van der Waals surface area contributed by atoms with Crippen molar-refractivity contribution in [1.82, 2.24) is 4.90 Å². The highest BCUT2D eigenvalue weighted by Crippen LogP contribution is 2.24. The minimum absolute atomic E-state index is 0.0864. The second-order valence-electron chi connectivity index (χ2n) is 6.61. The number of nitrogens with zero attached hydrogens (tertiary/aromatic N) is 1. The van der Waals surface area contributed by atoms with Crippen LogP contribution in [0.2, 0.25) is 10.0 Å². The first-order valence-electron chi connectivity index (χ1n) is 8.89. The van der Waals surface area contributed by atoms with Gasteiger partial charge in [0.05, 0.1) is 22.3 Å². The van der Waals surface area contributed by atoms with Crippen molar-refractivity contribution in [3.63, 3.8) is 0 Å². The van der Waals surface area contributed by atoms with Crippen molar-refractivity contribution in [1.29, 1.82) is 0 Å². The van der Waals surface area contributed by atoms with Crippen LogP contribution in [0.15, 0.2) is 48.5 Å². The molecule has 0 atom stereocenters. The van der Waals surface area contributed by atoms with Gasteiger partial charge in [0.25, 0.3) is 0 Å². The molecule has 2 aromatic carbocycles. The predicted molar refractivity (Wildman–Crippen MR) is 116 cm³/mol. The summed E-state index contributed by atoms with van der Waals surface area (Å²) in [5.74, 6) is -1.82. The molecular weight excluding hydrogens is 435 g/mol. The van der Waals surface area contributed by atoms with Gasteiger partial charge in [0.1, 0.15) is 5.75 Å². The normalized spacial score (nSPS) is 11.1. The number of nitrogens with one attached hydrogen (secondary N) is 1. The van der Waals surface area contributed by atoms with Gasteiger partial charge >= 0.3 is 0 Å². The molecule has 2 aromatic rings. The van der Waals surface area contributed by atoms with Crippen molar-refractivity contribution < 1.29 is 18.0 Å². The van der Waals surface area contributed by atoms with Crippen molar-refractivity contribution in [2.24, 2.45) is 0 Å². The van der Waals surface area contributed by atoms with E-state index >= 15 is 0 Å². The number of carbonyl (C=O) groups excluding carboxylic acids is 2. The number of anilines is 1. The van der Waals surface area contributed by atoms with Crippen molar-refractivity contribution in [2.75, 3.05) is 30.4 Å². The van der Waals surface area contributed by atoms with E-state index in [1.54, 1.807) is 6.07 Å². The zero-order valence-corrected chi connectivity index (χ0v) is 18.2. The van der Waals surface area contributed by atoms with E-state index in [1.165, 1.54) is 19.2 Å². The number of hydrogen-bond donors (Lipinski definition) is 1. The van der Waals surface area contributed by atoms with Gasteiger partial charge in [-0.25, -0.2) is 8.42 Å². The molecule has 0 bridgehead atoms. The number of aryl methyl sites for hydroxylation is 1. The Balaban J connectivity index is 1.80. The van der Waals surface area contributed by atoms with E-state index in [2.05, 4.69) is 5.32 Å². The number of likely N-dealkylation sites (N-methyl/N-ethyl adjacent to an activating group) is 1. The van der Waals surface area contributed by atoms with E-state index in [0.29, 0.717) is 23.6 Å². The lowest BCUT2D eigenvalue weighted by molar-refractivity contribution is -0.131. The van der Waals surface area contributed by atoms with E-state index in [1.807, 2.05) is 30.3 Å². The van der Waals surface area contributed by atoms with Crippen LogP contribution in [-0.2, 0) is 25.8 Å². The molecule has 9 heteroatoms. The van der Waals surface area contributed by atoms with Gasteiger partial charge in [-0.05, 0) is 36.6 Å². The average molecular weight is 457 g/mol. The van der Waals surface area contributed by atoms with Crippen molar-refractivity contribution in [3.05, 3.63) is 64.1 Å². The Bertz CT molecular complexity index is 966. The van der Waals surface area contributed by atoms with Crippen molar-refractivity contribution in [2.45, 2.75) is 12.8 Å². The molecule has 0 radical (unpaired) electrons. The number of rotatable bonds is 9. The summed E-state index contributed by atoms with van der Waals surface area (Å²) in [6.45, 7) is -0.279. The van der Waals surface area contributed by atoms with E-state index in [9.17, 15) is 18.0 Å². The highest BCUT2D eigenvalue weighted by molar-refractivity contribution is 7.92. The zero-order chi connectivity index (χ0) is 21.4. The predicted octanol–water partition coefficient (Wildman–Crippen LogP) is 3.44. The van der Waals surface area contributed by atoms with Crippen LogP contribution in [0.4, 0.5) is 5.69 Å². The minimum atomic E-state index is -3.56. The standard InChI is InChI=1S/C20H22Cl2N2O4S/c1-24(13-19(25)23-16-9-10-17(21)18(22)12-16)20(26)14-29(27,28)11-5-8-15-6-3-2-4-7-15/h2-4,6-7,9-10,12H,5,8,11,13-14H2,1H3,(H,23,25). The van der Waals surface area contributed by atoms with E-state index in [0.717, 1.165) is 10.5 Å². The summed E-state index contributed by atoms with van der Waals surface area (Å²) in [7, 11) is -2.17. The summed E-state index contributed by atoms with van der Waals surface area (Å²) in [5.41, 5.74) is 1.48. The molecule has 0 aromatic heterocycles. The third kappa shape index (κ3) is 8.04. The fourth-order valence-corrected chi connectivity index (χ4v) is 4.21. The molecule has 0 fully saturated rings. The Hall–Kier alpha value is -2.09. The first-order valence-corrected chi connectivity index (χ1v) is 11.5. The first-order chi connectivity index (χ1) is 13.7. The fourth-order valence-electron chi connectivity index (χ4n) is 2.59. The molecule has 0 unspecified atom stereocenters. The molecule has 0 saturated carbocycles. The smallest absolute Gasteiger partial charge is 0.243 e. The van der Waals surface area contributed by atoms with Gasteiger partial charge in [-0.15, -0.1) is 0 Å². The van der Waals surface area contributed by atoms with Gasteiger partial charge in [-0.3, -0.25) is 9.59 Å². The Labute approximate surface area is 180 Å². The molecule has 2 rings (SSSR count). The first kappa shape index (κ1) is 23.2. The fraction of sp³-hybridized carbons (Fsp3) is 0.300. The monoisotopic (exact) mass is 456 g/mol. The number of halogens is 2. The lowest BCUT2D eigenvalue weighted by atomic mass is 10.1. The van der Waals surface area contributed by atoms with E-state index in [4.69, 9.17) is 23.2 Å². The topological polar surface area (TPSA) is 83.6 Å². The van der Waals surface area contributed by atoms with E-state index < -0.39 is 27.4 Å². The Kier molecular flexibility index (Phi) is 8.49. The van der Waals surface area contributed by atoms with E-state index in [-0.39, 0.29) is 17.3 Å². The van der Waals surface area contributed by atoms with Crippen molar-refractivity contribution in [3.8, 4) is 0 Å². The number of amides is 2. The van der Waals surface area contributed by atoms with Crippen LogP contribution >= 0.6 is 23.2 Å². The van der Waals surface area contributed by atoms with Crippen LogP contribution in [0.3, 0.4) is 0 Å². The maximum Gasteiger partial charge on any atom is 0.243 e. The average Bonchev–Trinajstić information content (AvgIpc) is 2.65. The second-order valence-corrected chi connectivity index (χ2v) is 9.61. The molecule has 0 heterocycles. The lowest BCUT2D eigenvalue weighted by Gasteiger charge is -2.17. The summed E-state index contributed by atoms with van der Waals surface area (Å²) in [6.07, 6.45) is 1.05. The summed E-state index contributed by atoms with van der Waals surface area (Å²) < 4.78 is 24.4. The molecule has 0 aliphatic carbocycles. The third-order valence-corrected chi connectivity index (χ3v) is 6.45. The number of hydrogen-bond acceptors (Lipinski definition) is 4. The zero-order valence-electron chi connectivity index (χ0n) is 15.9. The van der Waals surface area contributed by atoms with Crippen LogP contribution in [-0.4, -0.2) is 50.2 Å². The Morgan fingerprint density at radius 1 is 1.03 bits per heavy atom. The molecule has 156 valence electrons. The lowest BCUT2D eigenvalue weighted by Crippen LogP contribution is -2.38. The molecule has 2 amide bonds. The third-order valence-electron chi connectivity index (χ3n) is 4.12. The van der Waals surface area contributed by atoms with Crippen LogP contribution in [0.25, 0.3) is 0 Å². The van der Waals surface area contributed by atoms with Gasteiger partial charge in [0.15, 0.2) is 9.84 Å². The summed E-state index contributed by atoms with van der Waals surface area (Å²) in [5, 5.41) is 3.23. The molecule has 0 spiro atoms. The Morgan fingerprint density at radius 3 is 2.38 bits per heavy atom. The molecule has 6 nitrogen and oxygen atoms in total. The maximum atomic E-state index is 12.2. The molecule has 0 aliphatic heterocycles. The van der Waals surface area contributed by atoms with Gasteiger partial charge in [0, 0.05) is 12.7 Å². The SMILES string of the molecule is CN(CC(=O)Nc1ccc(Cl)c(Cl)c1)C(=O)CS(=O)(=O)CCCc1ccccc1. The second kappa shape index (κ2) is 10.6. The minimum Gasteiger partial charge on any atom is -0.336 e. The largest absolute Gasteiger partial charge is 0.336 e. The molecule has 29 heavy (non-hydrogen) atoms. The van der Waals surface area contributed by atoms with Gasteiger partial charge < -0.3 is 10.2 Å². The maximum absolute atomic E-state index is 12.2. The quantitative estimate of drug-likeness (QED) is 0.626. The van der Waals surface area contributed by atoms with Gasteiger partial charge in [-0.1, -0.05) is 53.5 Å². The molecule has 0 saturated heterocycles. The highest BCUT2D eigenvalue weighted by atomic mass is 35.5. The van der Waals surface area contributed by atoms with Gasteiger partial charge in [0.2, 0.25) is 11.8 Å². The van der Waals surface area contributed by atoms with Crippen molar-refractivity contribution >= 4 is 50.5 Å². The van der Waals surface area contributed by atoms with Crippen LogP contribution < -0.4 is 5.32 Å². The van der Waals surface area contributed by atoms with Crippen LogP contribution in [0.5, 0.6) is 0 Å².